The van der Waals surface area contributed by atoms with Crippen LogP contribution in [0.5, 0.6) is 0 Å². The van der Waals surface area contributed by atoms with E-state index in [4.69, 9.17) is 9.47 Å². The molecule has 0 amide bonds. The molecule has 1 heterocycles. The summed E-state index contributed by atoms with van der Waals surface area (Å²) in [6, 6.07) is 0. The molecule has 0 aromatic rings. The fourth-order valence-electron chi connectivity index (χ4n) is 1.000. The molecule has 1 aliphatic rings. The highest BCUT2D eigenvalue weighted by molar-refractivity contribution is 5.82. The van der Waals surface area contributed by atoms with Crippen molar-refractivity contribution in [2.45, 2.75) is 38.9 Å². The monoisotopic (exact) mass is 172 g/mol. The highest BCUT2D eigenvalue weighted by atomic mass is 16.6. The molecule has 0 aromatic carbocycles. The van der Waals surface area contributed by atoms with E-state index >= 15 is 0 Å². The van der Waals surface area contributed by atoms with Gasteiger partial charge in [-0.1, -0.05) is 0 Å². The molecule has 0 saturated carbocycles. The maximum absolute atomic E-state index is 11.1. The Labute approximate surface area is 70.8 Å². The van der Waals surface area contributed by atoms with Gasteiger partial charge < -0.3 is 9.47 Å². The van der Waals surface area contributed by atoms with Gasteiger partial charge in [-0.2, -0.15) is 0 Å². The third-order valence-electron chi connectivity index (χ3n) is 1.50. The van der Waals surface area contributed by atoms with Crippen LogP contribution in [0.2, 0.25) is 0 Å². The van der Waals surface area contributed by atoms with Gasteiger partial charge in [0.25, 0.3) is 0 Å². The zero-order chi connectivity index (χ0) is 9.14. The average molecular weight is 172 g/mol. The average Bonchev–Trinajstić information content (AvgIpc) is 2.34. The number of hydrogen-bond acceptors (Lipinski definition) is 4. The molecule has 0 N–H and O–H groups in total. The molecule has 0 aliphatic carbocycles. The van der Waals surface area contributed by atoms with E-state index in [0.717, 1.165) is 0 Å². The lowest BCUT2D eigenvalue weighted by atomic mass is 10.2. The van der Waals surface area contributed by atoms with Gasteiger partial charge in [0, 0.05) is 12.8 Å². The molecule has 1 aliphatic heterocycles. The molecule has 0 radical (unpaired) electrons. The number of esters is 2. The van der Waals surface area contributed by atoms with Gasteiger partial charge >= 0.3 is 11.9 Å². The minimum absolute atomic E-state index is 0.156. The van der Waals surface area contributed by atoms with Crippen molar-refractivity contribution in [2.75, 3.05) is 0 Å². The zero-order valence-electron chi connectivity index (χ0n) is 7.20. The summed E-state index contributed by atoms with van der Waals surface area (Å²) < 4.78 is 9.58. The van der Waals surface area contributed by atoms with Gasteiger partial charge in [0.1, 0.15) is 0 Å². The second-order valence-electron chi connectivity index (χ2n) is 3.00. The largest absolute Gasteiger partial charge is 0.460 e. The first kappa shape index (κ1) is 9.03. The van der Waals surface area contributed by atoms with E-state index in [0.29, 0.717) is 12.8 Å². The van der Waals surface area contributed by atoms with E-state index in [1.54, 1.807) is 13.8 Å². The molecular formula is C8H12O4. The van der Waals surface area contributed by atoms with Crippen LogP contribution in [0, 0.1) is 0 Å². The highest BCUT2D eigenvalue weighted by Gasteiger charge is 2.31. The smallest absolute Gasteiger partial charge is 0.347 e. The lowest BCUT2D eigenvalue weighted by molar-refractivity contribution is -0.164. The lowest BCUT2D eigenvalue weighted by Crippen LogP contribution is -2.25. The van der Waals surface area contributed by atoms with Crippen LogP contribution in [0.15, 0.2) is 0 Å². The van der Waals surface area contributed by atoms with E-state index < -0.39 is 12.1 Å². The van der Waals surface area contributed by atoms with Gasteiger partial charge in [0.15, 0.2) is 6.10 Å². The Morgan fingerprint density at radius 3 is 2.75 bits per heavy atom. The summed E-state index contributed by atoms with van der Waals surface area (Å²) in [5.74, 6) is -0.753. The SMILES string of the molecule is CC(C)OC(=O)[C@@H]1CCC(=O)O1. The van der Waals surface area contributed by atoms with Crippen LogP contribution in [0.4, 0.5) is 0 Å². The molecule has 1 fully saturated rings. The van der Waals surface area contributed by atoms with Crippen molar-refractivity contribution in [3.63, 3.8) is 0 Å². The molecule has 12 heavy (non-hydrogen) atoms. The van der Waals surface area contributed by atoms with Gasteiger partial charge in [0.05, 0.1) is 6.10 Å². The third-order valence-corrected chi connectivity index (χ3v) is 1.50. The van der Waals surface area contributed by atoms with Crippen LogP contribution >= 0.6 is 0 Å². The first-order valence-corrected chi connectivity index (χ1v) is 3.99. The van der Waals surface area contributed by atoms with E-state index in [9.17, 15) is 9.59 Å². The Morgan fingerprint density at radius 2 is 2.33 bits per heavy atom. The molecule has 1 atom stereocenters. The number of cyclic esters (lactones) is 1. The molecule has 4 nitrogen and oxygen atoms in total. The number of carbonyl (C=O) groups excluding carboxylic acids is 2. The van der Waals surface area contributed by atoms with Gasteiger partial charge in [0.2, 0.25) is 0 Å². The summed E-state index contributed by atoms with van der Waals surface area (Å²) in [5.41, 5.74) is 0. The molecule has 0 aromatic heterocycles. The Bertz CT molecular complexity index is 197. The van der Waals surface area contributed by atoms with Gasteiger partial charge in [-0.15, -0.1) is 0 Å². The number of ether oxygens (including phenoxy) is 2. The summed E-state index contributed by atoms with van der Waals surface area (Å²) >= 11 is 0. The molecular weight excluding hydrogens is 160 g/mol. The molecule has 0 spiro atoms. The molecule has 0 unspecified atom stereocenters. The van der Waals surface area contributed by atoms with E-state index in [2.05, 4.69) is 0 Å². The Hall–Kier alpha value is -1.06. The lowest BCUT2D eigenvalue weighted by Gasteiger charge is -2.11. The highest BCUT2D eigenvalue weighted by Crippen LogP contribution is 2.15. The minimum Gasteiger partial charge on any atom is -0.460 e. The maximum atomic E-state index is 11.1. The first-order valence-electron chi connectivity index (χ1n) is 3.99. The third kappa shape index (κ3) is 2.22. The Morgan fingerprint density at radius 1 is 1.67 bits per heavy atom. The standard InChI is InChI=1S/C8H12O4/c1-5(2)11-8(10)6-3-4-7(9)12-6/h5-6H,3-4H2,1-2H3/t6-/m0/s1. The zero-order valence-corrected chi connectivity index (χ0v) is 7.20. The fraction of sp³-hybridized carbons (Fsp3) is 0.750. The van der Waals surface area contributed by atoms with Crippen molar-refractivity contribution in [1.29, 1.82) is 0 Å². The molecule has 1 saturated heterocycles. The van der Waals surface area contributed by atoms with Gasteiger partial charge in [-0.25, -0.2) is 4.79 Å². The number of hydrogen-bond donors (Lipinski definition) is 0. The molecule has 4 heteroatoms. The van der Waals surface area contributed by atoms with Crippen molar-refractivity contribution < 1.29 is 19.1 Å². The van der Waals surface area contributed by atoms with Crippen molar-refractivity contribution in [3.8, 4) is 0 Å². The number of carbonyl (C=O) groups is 2. The summed E-state index contributed by atoms with van der Waals surface area (Å²) in [7, 11) is 0. The Kier molecular flexibility index (Phi) is 2.68. The van der Waals surface area contributed by atoms with Crippen molar-refractivity contribution in [3.05, 3.63) is 0 Å². The van der Waals surface area contributed by atoms with Crippen LogP contribution in [0.25, 0.3) is 0 Å². The molecule has 0 bridgehead atoms. The van der Waals surface area contributed by atoms with Crippen molar-refractivity contribution in [1.82, 2.24) is 0 Å². The second kappa shape index (κ2) is 3.56. The predicted molar refractivity (Wildman–Crippen MR) is 40.3 cm³/mol. The van der Waals surface area contributed by atoms with E-state index in [-0.39, 0.29) is 12.1 Å². The van der Waals surface area contributed by atoms with E-state index in [1.165, 1.54) is 0 Å². The van der Waals surface area contributed by atoms with E-state index in [1.807, 2.05) is 0 Å². The molecule has 68 valence electrons. The summed E-state index contributed by atoms with van der Waals surface area (Å²) in [4.78, 5) is 21.7. The van der Waals surface area contributed by atoms with Gasteiger partial charge in [-0.3, -0.25) is 4.79 Å². The van der Waals surface area contributed by atoms with Crippen LogP contribution in [0.1, 0.15) is 26.7 Å². The fourth-order valence-corrected chi connectivity index (χ4v) is 1.000. The quantitative estimate of drug-likeness (QED) is 0.574. The summed E-state index contributed by atoms with van der Waals surface area (Å²) in [6.45, 7) is 3.52. The topological polar surface area (TPSA) is 52.6 Å². The normalized spacial score (nSPS) is 22.6. The second-order valence-corrected chi connectivity index (χ2v) is 3.00. The maximum Gasteiger partial charge on any atom is 0.347 e. The van der Waals surface area contributed by atoms with Crippen LogP contribution in [-0.4, -0.2) is 24.1 Å². The number of rotatable bonds is 2. The molecule has 1 rings (SSSR count). The van der Waals surface area contributed by atoms with Crippen LogP contribution in [0.3, 0.4) is 0 Å². The van der Waals surface area contributed by atoms with Crippen molar-refractivity contribution in [2.24, 2.45) is 0 Å². The summed E-state index contributed by atoms with van der Waals surface area (Å²) in [5, 5.41) is 0. The van der Waals surface area contributed by atoms with Crippen LogP contribution in [-0.2, 0) is 19.1 Å². The van der Waals surface area contributed by atoms with Gasteiger partial charge in [-0.05, 0) is 13.8 Å². The Balaban J connectivity index is 2.38. The predicted octanol–water partition coefficient (Wildman–Crippen LogP) is 0.644. The summed E-state index contributed by atoms with van der Waals surface area (Å²) in [6.07, 6.45) is -0.0564. The van der Waals surface area contributed by atoms with Crippen LogP contribution < -0.4 is 0 Å². The van der Waals surface area contributed by atoms with Crippen molar-refractivity contribution >= 4 is 11.9 Å². The minimum atomic E-state index is -0.667. The first-order chi connectivity index (χ1) is 5.59.